The number of thiazole rings is 1. The summed E-state index contributed by atoms with van der Waals surface area (Å²) in [7, 11) is 0. The van der Waals surface area contributed by atoms with E-state index in [4.69, 9.17) is 21.9 Å². The van der Waals surface area contributed by atoms with Gasteiger partial charge < -0.3 is 20.3 Å². The van der Waals surface area contributed by atoms with Gasteiger partial charge >= 0.3 is 0 Å². The number of rotatable bonds is 3. The van der Waals surface area contributed by atoms with Crippen LogP contribution in [0.4, 0.5) is 16.5 Å². The van der Waals surface area contributed by atoms with Crippen molar-refractivity contribution in [3.05, 3.63) is 48.0 Å². The fraction of sp³-hybridized carbons (Fsp3) is 0.263. The first-order valence-corrected chi connectivity index (χ1v) is 9.78. The molecule has 1 aliphatic heterocycles. The number of ether oxygens (including phenoxy) is 1. The molecule has 0 spiro atoms. The van der Waals surface area contributed by atoms with E-state index in [2.05, 4.69) is 40.7 Å². The number of aryl methyl sites for hydroxylation is 1. The van der Waals surface area contributed by atoms with Crippen molar-refractivity contribution in [2.24, 2.45) is 0 Å². The van der Waals surface area contributed by atoms with Crippen molar-refractivity contribution in [3.63, 3.8) is 0 Å². The molecule has 0 atom stereocenters. The van der Waals surface area contributed by atoms with Crippen LogP contribution in [-0.2, 0) is 4.74 Å². The second kappa shape index (κ2) is 7.57. The Labute approximate surface area is 162 Å². The zero-order chi connectivity index (χ0) is 17.9. The van der Waals surface area contributed by atoms with Gasteiger partial charge in [-0.25, -0.2) is 4.98 Å². The highest BCUT2D eigenvalue weighted by Gasteiger charge is 2.15. The van der Waals surface area contributed by atoms with E-state index < -0.39 is 0 Å². The first-order valence-electron chi connectivity index (χ1n) is 8.55. The monoisotopic (exact) mass is 384 g/mol. The number of hydrogen-bond acceptors (Lipinski definition) is 5. The third-order valence-corrected chi connectivity index (χ3v) is 5.48. The second-order valence-electron chi connectivity index (χ2n) is 6.23. The van der Waals surface area contributed by atoms with Crippen molar-refractivity contribution < 1.29 is 4.74 Å². The lowest BCUT2D eigenvalue weighted by molar-refractivity contribution is 0.122. The fourth-order valence-electron chi connectivity index (χ4n) is 2.90. The molecule has 0 aliphatic carbocycles. The van der Waals surface area contributed by atoms with Crippen LogP contribution in [0.5, 0.6) is 0 Å². The lowest BCUT2D eigenvalue weighted by Gasteiger charge is -2.25. The maximum Gasteiger partial charge on any atom is 0.186 e. The number of nitrogens with one attached hydrogen (secondary N) is 2. The van der Waals surface area contributed by atoms with Gasteiger partial charge in [0.1, 0.15) is 0 Å². The van der Waals surface area contributed by atoms with E-state index in [0.29, 0.717) is 5.11 Å². The van der Waals surface area contributed by atoms with Crippen molar-refractivity contribution in [1.82, 2.24) is 4.98 Å². The van der Waals surface area contributed by atoms with Gasteiger partial charge in [0, 0.05) is 24.5 Å². The van der Waals surface area contributed by atoms with Crippen molar-refractivity contribution in [2.45, 2.75) is 6.92 Å². The van der Waals surface area contributed by atoms with E-state index in [9.17, 15) is 0 Å². The van der Waals surface area contributed by atoms with Crippen LogP contribution >= 0.6 is 23.6 Å². The summed E-state index contributed by atoms with van der Waals surface area (Å²) < 4.78 is 6.57. The highest BCUT2D eigenvalue weighted by Crippen LogP contribution is 2.31. The molecule has 1 aromatic heterocycles. The molecule has 7 heteroatoms. The first kappa shape index (κ1) is 17.2. The minimum absolute atomic E-state index is 0.577. The molecule has 26 heavy (non-hydrogen) atoms. The van der Waals surface area contributed by atoms with Crippen LogP contribution < -0.4 is 15.5 Å². The predicted octanol–water partition coefficient (Wildman–Crippen LogP) is 4.25. The predicted molar refractivity (Wildman–Crippen MR) is 114 cm³/mol. The molecular weight excluding hydrogens is 364 g/mol. The molecule has 2 heterocycles. The Bertz CT molecular complexity index is 934. The highest BCUT2D eigenvalue weighted by atomic mass is 32.1. The molecule has 2 N–H and O–H groups in total. The Kier molecular flexibility index (Phi) is 5.01. The molecule has 4 rings (SSSR count). The molecule has 0 bridgehead atoms. The van der Waals surface area contributed by atoms with Gasteiger partial charge in [0.05, 0.1) is 23.4 Å². The van der Waals surface area contributed by atoms with Crippen LogP contribution in [0.3, 0.4) is 0 Å². The fourth-order valence-corrected chi connectivity index (χ4v) is 4.19. The third-order valence-electron chi connectivity index (χ3n) is 4.19. The van der Waals surface area contributed by atoms with Crippen molar-refractivity contribution in [1.29, 1.82) is 0 Å². The minimum atomic E-state index is 0.577. The molecule has 0 amide bonds. The van der Waals surface area contributed by atoms with Gasteiger partial charge in [-0.15, -0.1) is 0 Å². The summed E-state index contributed by atoms with van der Waals surface area (Å²) in [6, 6.07) is 14.3. The SMILES string of the molecule is Cc1cccc(NC(=S)Nc2ccc3nc(N4CCOCC4)sc3c2)c1. The summed E-state index contributed by atoms with van der Waals surface area (Å²) >= 11 is 7.14. The summed E-state index contributed by atoms with van der Waals surface area (Å²) in [5.41, 5.74) is 4.15. The van der Waals surface area contributed by atoms with Crippen molar-refractivity contribution in [2.75, 3.05) is 41.8 Å². The average molecular weight is 385 g/mol. The molecule has 0 radical (unpaired) electrons. The molecule has 0 saturated carbocycles. The van der Waals surface area contributed by atoms with Gasteiger partial charge in [-0.05, 0) is 55.0 Å². The van der Waals surface area contributed by atoms with Gasteiger partial charge in [0.2, 0.25) is 0 Å². The number of nitrogens with zero attached hydrogens (tertiary/aromatic N) is 2. The first-order chi connectivity index (χ1) is 12.7. The van der Waals surface area contributed by atoms with Crippen LogP contribution in [0.2, 0.25) is 0 Å². The molecular formula is C19H20N4OS2. The van der Waals surface area contributed by atoms with Crippen LogP contribution in [0, 0.1) is 6.92 Å². The van der Waals surface area contributed by atoms with Crippen LogP contribution in [-0.4, -0.2) is 36.4 Å². The average Bonchev–Trinajstić information content (AvgIpc) is 3.06. The zero-order valence-electron chi connectivity index (χ0n) is 14.5. The molecule has 0 unspecified atom stereocenters. The molecule has 5 nitrogen and oxygen atoms in total. The van der Waals surface area contributed by atoms with E-state index in [-0.39, 0.29) is 0 Å². The second-order valence-corrected chi connectivity index (χ2v) is 7.64. The zero-order valence-corrected chi connectivity index (χ0v) is 16.1. The lowest BCUT2D eigenvalue weighted by Crippen LogP contribution is -2.36. The van der Waals surface area contributed by atoms with E-state index in [0.717, 1.165) is 53.0 Å². The van der Waals surface area contributed by atoms with E-state index in [1.165, 1.54) is 5.56 Å². The number of anilines is 3. The topological polar surface area (TPSA) is 49.4 Å². The quantitative estimate of drug-likeness (QED) is 0.659. The number of aromatic nitrogens is 1. The lowest BCUT2D eigenvalue weighted by atomic mass is 10.2. The van der Waals surface area contributed by atoms with Gasteiger partial charge in [-0.1, -0.05) is 23.5 Å². The van der Waals surface area contributed by atoms with Crippen LogP contribution in [0.25, 0.3) is 10.2 Å². The molecule has 1 aliphatic rings. The Hall–Kier alpha value is -2.22. The number of fused-ring (bicyclic) bond motifs is 1. The number of hydrogen-bond donors (Lipinski definition) is 2. The third kappa shape index (κ3) is 3.95. The summed E-state index contributed by atoms with van der Waals surface area (Å²) in [6.07, 6.45) is 0. The normalized spacial score (nSPS) is 14.4. The van der Waals surface area contributed by atoms with Crippen LogP contribution in [0.15, 0.2) is 42.5 Å². The summed E-state index contributed by atoms with van der Waals surface area (Å²) in [5, 5.41) is 8.11. The maximum absolute atomic E-state index is 5.44. The van der Waals surface area contributed by atoms with Crippen molar-refractivity contribution >= 4 is 55.4 Å². The highest BCUT2D eigenvalue weighted by molar-refractivity contribution is 7.80. The summed E-state index contributed by atoms with van der Waals surface area (Å²) in [4.78, 5) is 7.03. The van der Waals surface area contributed by atoms with E-state index in [1.54, 1.807) is 11.3 Å². The number of benzene rings is 2. The maximum atomic E-state index is 5.44. The van der Waals surface area contributed by atoms with Crippen molar-refractivity contribution in [3.8, 4) is 0 Å². The van der Waals surface area contributed by atoms with Gasteiger partial charge in [0.25, 0.3) is 0 Å². The largest absolute Gasteiger partial charge is 0.378 e. The standard InChI is InChI=1S/C19H20N4OS2/c1-13-3-2-4-14(11-13)20-18(25)21-15-5-6-16-17(12-15)26-19(22-16)23-7-9-24-10-8-23/h2-6,11-12H,7-10H2,1H3,(H2,20,21,25). The smallest absolute Gasteiger partial charge is 0.186 e. The molecule has 3 aromatic rings. The van der Waals surface area contributed by atoms with E-state index in [1.807, 2.05) is 24.3 Å². The molecule has 1 saturated heterocycles. The molecule has 2 aromatic carbocycles. The Balaban J connectivity index is 1.47. The van der Waals surface area contributed by atoms with E-state index >= 15 is 0 Å². The molecule has 1 fully saturated rings. The summed E-state index contributed by atoms with van der Waals surface area (Å²) in [5.74, 6) is 0. The Morgan fingerprint density at radius 3 is 2.65 bits per heavy atom. The Morgan fingerprint density at radius 1 is 1.12 bits per heavy atom. The number of morpholine rings is 1. The Morgan fingerprint density at radius 2 is 1.88 bits per heavy atom. The van der Waals surface area contributed by atoms with Gasteiger partial charge in [-0.2, -0.15) is 0 Å². The minimum Gasteiger partial charge on any atom is -0.378 e. The summed E-state index contributed by atoms with van der Waals surface area (Å²) in [6.45, 7) is 5.39. The van der Waals surface area contributed by atoms with Crippen LogP contribution in [0.1, 0.15) is 5.56 Å². The van der Waals surface area contributed by atoms with Gasteiger partial charge in [-0.3, -0.25) is 0 Å². The number of thiocarbonyl (C=S) groups is 1. The van der Waals surface area contributed by atoms with Gasteiger partial charge in [0.15, 0.2) is 10.2 Å². The molecule has 134 valence electrons.